The molecule has 0 fully saturated rings. The lowest BCUT2D eigenvalue weighted by Gasteiger charge is -2.31. The zero-order chi connectivity index (χ0) is 28.1. The van der Waals surface area contributed by atoms with Gasteiger partial charge in [-0.05, 0) is 57.5 Å². The van der Waals surface area contributed by atoms with Gasteiger partial charge in [0.15, 0.2) is 11.5 Å². The quantitative estimate of drug-likeness (QED) is 0.300. The van der Waals surface area contributed by atoms with Crippen LogP contribution in [0.2, 0.25) is 0 Å². The zero-order valence-corrected chi connectivity index (χ0v) is 23.8. The number of ether oxygens (including phenoxy) is 4. The molecule has 0 amide bonds. The summed E-state index contributed by atoms with van der Waals surface area (Å²) in [5, 5.41) is 2.78. The molecule has 0 radical (unpaired) electrons. The largest absolute Gasteiger partial charge is 0.493 e. The molecule has 1 aliphatic heterocycles. The van der Waals surface area contributed by atoms with E-state index >= 15 is 0 Å². The maximum absolute atomic E-state index is 13.1. The van der Waals surface area contributed by atoms with E-state index in [0.717, 1.165) is 27.4 Å². The molecule has 1 aromatic heterocycles. The number of aliphatic imine (C=N–C) groups is 1. The second-order valence-electron chi connectivity index (χ2n) is 8.91. The van der Waals surface area contributed by atoms with Crippen LogP contribution in [0.25, 0.3) is 21.8 Å². The maximum Gasteiger partial charge on any atom is 0.336 e. The minimum atomic E-state index is -0.748. The van der Waals surface area contributed by atoms with E-state index < -0.39 is 23.8 Å². The summed E-state index contributed by atoms with van der Waals surface area (Å²) in [6.07, 6.45) is 0. The fourth-order valence-corrected chi connectivity index (χ4v) is 5.63. The summed E-state index contributed by atoms with van der Waals surface area (Å²) < 4.78 is 21.6. The molecule has 0 bridgehead atoms. The number of hydrogen-bond donors (Lipinski definition) is 0. The summed E-state index contributed by atoms with van der Waals surface area (Å²) in [6.45, 7) is 7.51. The molecule has 0 saturated carbocycles. The molecule has 8 nitrogen and oxygen atoms in total. The Labute approximate surface area is 232 Å². The lowest BCUT2D eigenvalue weighted by atomic mass is 9.75. The topological polar surface area (TPSA) is 96.3 Å². The number of hydrogen-bond acceptors (Lipinski definition) is 9. The molecule has 204 valence electrons. The third kappa shape index (κ3) is 5.73. The summed E-state index contributed by atoms with van der Waals surface area (Å²) in [6, 6.07) is 13.4. The van der Waals surface area contributed by atoms with Crippen molar-refractivity contribution in [2.45, 2.75) is 33.6 Å². The molecule has 2 atom stereocenters. The van der Waals surface area contributed by atoms with Crippen molar-refractivity contribution < 1.29 is 28.5 Å². The first-order valence-corrected chi connectivity index (χ1v) is 13.6. The van der Waals surface area contributed by atoms with Gasteiger partial charge in [-0.25, -0.2) is 9.78 Å². The maximum atomic E-state index is 13.1. The monoisotopic (exact) mass is 548 g/mol. The lowest BCUT2D eigenvalue weighted by Crippen LogP contribution is -2.36. The van der Waals surface area contributed by atoms with Gasteiger partial charge in [-0.1, -0.05) is 18.2 Å². The average molecular weight is 549 g/mol. The second-order valence-corrected chi connectivity index (χ2v) is 9.77. The van der Waals surface area contributed by atoms with Crippen molar-refractivity contribution in [3.8, 4) is 33.3 Å². The van der Waals surface area contributed by atoms with Crippen molar-refractivity contribution in [1.82, 2.24) is 4.98 Å². The first kappa shape index (κ1) is 28.0. The summed E-state index contributed by atoms with van der Waals surface area (Å²) in [7, 11) is 3.20. The highest BCUT2D eigenvalue weighted by atomic mass is 32.1. The third-order valence-corrected chi connectivity index (χ3v) is 7.43. The lowest BCUT2D eigenvalue weighted by molar-refractivity contribution is -0.146. The number of aromatic nitrogens is 1. The van der Waals surface area contributed by atoms with Crippen LogP contribution < -0.4 is 9.47 Å². The van der Waals surface area contributed by atoms with Crippen molar-refractivity contribution >= 4 is 29.0 Å². The number of methoxy groups -OCH3 is 2. The second kappa shape index (κ2) is 12.3. The highest BCUT2D eigenvalue weighted by Gasteiger charge is 2.42. The van der Waals surface area contributed by atoms with E-state index in [-0.39, 0.29) is 13.2 Å². The van der Waals surface area contributed by atoms with E-state index in [1.54, 1.807) is 41.9 Å². The van der Waals surface area contributed by atoms with Crippen LogP contribution >= 0.6 is 11.3 Å². The molecule has 2 unspecified atom stereocenters. The van der Waals surface area contributed by atoms with Gasteiger partial charge in [0.2, 0.25) is 0 Å². The van der Waals surface area contributed by atoms with Crippen LogP contribution in [0, 0.1) is 5.92 Å². The molecule has 0 N–H and O–H groups in total. The van der Waals surface area contributed by atoms with Crippen LogP contribution in [-0.2, 0) is 19.1 Å². The van der Waals surface area contributed by atoms with Crippen LogP contribution in [0.1, 0.15) is 39.2 Å². The number of nitrogens with zero attached hydrogens (tertiary/aromatic N) is 2. The van der Waals surface area contributed by atoms with Gasteiger partial charge < -0.3 is 18.9 Å². The van der Waals surface area contributed by atoms with Gasteiger partial charge in [-0.15, -0.1) is 11.3 Å². The molecular weight excluding hydrogens is 516 g/mol. The number of carbonyl (C=O) groups is 2. The Hall–Kier alpha value is -3.98. The molecule has 9 heteroatoms. The number of benzene rings is 2. The number of carbonyl (C=O) groups excluding carboxylic acids is 2. The van der Waals surface area contributed by atoms with Gasteiger partial charge in [0.1, 0.15) is 10.9 Å². The van der Waals surface area contributed by atoms with Crippen LogP contribution in [0.3, 0.4) is 0 Å². The number of thiazole rings is 1. The summed E-state index contributed by atoms with van der Waals surface area (Å²) in [5.41, 5.74) is 4.84. The van der Waals surface area contributed by atoms with Gasteiger partial charge in [0.25, 0.3) is 0 Å². The summed E-state index contributed by atoms with van der Waals surface area (Å²) in [4.78, 5) is 35.6. The SMILES string of the molecule is CCOC(=O)C1=C(C)N=C(C)C(C(=O)OCC)C1c1cccc(-c2nc(-c3ccc(OC)c(OC)c3)cs2)c1. The van der Waals surface area contributed by atoms with Gasteiger partial charge in [-0.2, -0.15) is 0 Å². The number of allylic oxidation sites excluding steroid dienone is 1. The standard InChI is InChI=1S/C30H32N2O6S/c1-7-37-29(33)25-17(3)31-18(4)26(30(34)38-8-2)27(25)20-10-9-11-21(14-20)28-32-22(16-39-28)19-12-13-23(35-5)24(15-19)36-6/h9-16,25,27H,7-8H2,1-6H3. The highest BCUT2D eigenvalue weighted by Crippen LogP contribution is 2.42. The molecule has 2 heterocycles. The molecule has 2 aromatic carbocycles. The smallest absolute Gasteiger partial charge is 0.336 e. The number of esters is 2. The van der Waals surface area contributed by atoms with Crippen molar-refractivity contribution in [3.05, 3.63) is 64.7 Å². The van der Waals surface area contributed by atoms with E-state index in [1.807, 2.05) is 47.8 Å². The van der Waals surface area contributed by atoms with Crippen LogP contribution in [-0.4, -0.2) is 50.1 Å². The van der Waals surface area contributed by atoms with Crippen LogP contribution in [0.4, 0.5) is 0 Å². The predicted octanol–water partition coefficient (Wildman–Crippen LogP) is 6.07. The Morgan fingerprint density at radius 1 is 0.923 bits per heavy atom. The normalized spacial score (nSPS) is 16.9. The van der Waals surface area contributed by atoms with Crippen molar-refractivity contribution in [1.29, 1.82) is 0 Å². The number of rotatable bonds is 9. The van der Waals surface area contributed by atoms with Crippen molar-refractivity contribution in [2.24, 2.45) is 10.9 Å². The zero-order valence-electron chi connectivity index (χ0n) is 22.9. The first-order valence-electron chi connectivity index (χ1n) is 12.7. The van der Waals surface area contributed by atoms with Gasteiger partial charge in [-0.3, -0.25) is 9.79 Å². The van der Waals surface area contributed by atoms with Gasteiger partial charge in [0.05, 0.1) is 38.7 Å². The predicted molar refractivity (Wildman–Crippen MR) is 151 cm³/mol. The average Bonchev–Trinajstić information content (AvgIpc) is 3.43. The van der Waals surface area contributed by atoms with E-state index in [2.05, 4.69) is 4.99 Å². The fraction of sp³-hybridized carbons (Fsp3) is 0.333. The Kier molecular flexibility index (Phi) is 8.81. The Morgan fingerprint density at radius 2 is 1.67 bits per heavy atom. The molecule has 0 spiro atoms. The van der Waals surface area contributed by atoms with Crippen molar-refractivity contribution in [2.75, 3.05) is 27.4 Å². The Balaban J connectivity index is 1.76. The van der Waals surface area contributed by atoms with E-state index in [1.165, 1.54) is 11.3 Å². The highest BCUT2D eigenvalue weighted by molar-refractivity contribution is 7.13. The van der Waals surface area contributed by atoms with Gasteiger partial charge in [0, 0.05) is 33.8 Å². The van der Waals surface area contributed by atoms with E-state index in [4.69, 9.17) is 23.9 Å². The summed E-state index contributed by atoms with van der Waals surface area (Å²) in [5.74, 6) is -0.991. The molecule has 39 heavy (non-hydrogen) atoms. The Bertz CT molecular complexity index is 1440. The third-order valence-electron chi connectivity index (χ3n) is 6.54. The van der Waals surface area contributed by atoms with E-state index in [9.17, 15) is 9.59 Å². The molecular formula is C30H32N2O6S. The van der Waals surface area contributed by atoms with Crippen LogP contribution in [0.5, 0.6) is 11.5 Å². The molecule has 4 rings (SSSR count). The molecule has 0 saturated heterocycles. The fourth-order valence-electron chi connectivity index (χ4n) is 4.81. The Morgan fingerprint density at radius 3 is 2.36 bits per heavy atom. The van der Waals surface area contributed by atoms with E-state index in [0.29, 0.717) is 28.5 Å². The molecule has 0 aliphatic carbocycles. The van der Waals surface area contributed by atoms with Gasteiger partial charge >= 0.3 is 11.9 Å². The molecule has 3 aromatic rings. The molecule has 1 aliphatic rings. The van der Waals surface area contributed by atoms with Crippen LogP contribution in [0.15, 0.2) is 64.1 Å². The first-order chi connectivity index (χ1) is 18.8. The van der Waals surface area contributed by atoms with Crippen molar-refractivity contribution in [3.63, 3.8) is 0 Å². The minimum absolute atomic E-state index is 0.215. The minimum Gasteiger partial charge on any atom is -0.493 e. The summed E-state index contributed by atoms with van der Waals surface area (Å²) >= 11 is 1.51.